The minimum atomic E-state index is -0.505. The van der Waals surface area contributed by atoms with Crippen LogP contribution >= 0.6 is 0 Å². The van der Waals surface area contributed by atoms with Crippen molar-refractivity contribution in [3.8, 4) is 0 Å². The average Bonchev–Trinajstić information content (AvgIpc) is 2.66. The zero-order valence-electron chi connectivity index (χ0n) is 10.7. The van der Waals surface area contributed by atoms with Gasteiger partial charge in [-0.05, 0) is 12.8 Å². The van der Waals surface area contributed by atoms with Gasteiger partial charge in [-0.15, -0.1) is 0 Å². The Morgan fingerprint density at radius 2 is 1.72 bits per heavy atom. The summed E-state index contributed by atoms with van der Waals surface area (Å²) in [5, 5.41) is 3.10. The summed E-state index contributed by atoms with van der Waals surface area (Å²) < 4.78 is 0. The van der Waals surface area contributed by atoms with Crippen LogP contribution in [0.5, 0.6) is 0 Å². The Labute approximate surface area is 107 Å². The zero-order chi connectivity index (χ0) is 13.0. The van der Waals surface area contributed by atoms with E-state index in [2.05, 4.69) is 5.32 Å². The number of amides is 3. The molecular formula is C12H22N4O2. The summed E-state index contributed by atoms with van der Waals surface area (Å²) in [6, 6.07) is -0.531. The SMILES string of the molecule is NC(=O)C1CNCCN1C(=O)N1CCCCCC1. The number of nitrogens with two attached hydrogens (primary N) is 1. The van der Waals surface area contributed by atoms with E-state index in [0.29, 0.717) is 13.1 Å². The molecule has 2 heterocycles. The van der Waals surface area contributed by atoms with Crippen molar-refractivity contribution in [2.75, 3.05) is 32.7 Å². The smallest absolute Gasteiger partial charge is 0.320 e. The molecule has 2 fully saturated rings. The van der Waals surface area contributed by atoms with Gasteiger partial charge in [0.1, 0.15) is 6.04 Å². The molecule has 18 heavy (non-hydrogen) atoms. The van der Waals surface area contributed by atoms with Crippen LogP contribution in [0.4, 0.5) is 4.79 Å². The molecule has 0 spiro atoms. The Balaban J connectivity index is 2.02. The molecule has 0 aliphatic carbocycles. The first kappa shape index (κ1) is 13.1. The van der Waals surface area contributed by atoms with Crippen molar-refractivity contribution in [2.45, 2.75) is 31.7 Å². The second-order valence-electron chi connectivity index (χ2n) is 5.00. The summed E-state index contributed by atoms with van der Waals surface area (Å²) in [6.07, 6.45) is 4.48. The van der Waals surface area contributed by atoms with E-state index in [1.54, 1.807) is 4.90 Å². The third kappa shape index (κ3) is 2.93. The molecular weight excluding hydrogens is 232 g/mol. The Hall–Kier alpha value is -1.30. The van der Waals surface area contributed by atoms with E-state index < -0.39 is 11.9 Å². The second-order valence-corrected chi connectivity index (χ2v) is 5.00. The molecule has 3 amide bonds. The quantitative estimate of drug-likeness (QED) is 0.677. The number of urea groups is 1. The maximum absolute atomic E-state index is 12.4. The predicted molar refractivity (Wildman–Crippen MR) is 68.0 cm³/mol. The normalized spacial score (nSPS) is 25.7. The molecule has 6 nitrogen and oxygen atoms in total. The monoisotopic (exact) mass is 254 g/mol. The van der Waals surface area contributed by atoms with Gasteiger partial charge in [-0.1, -0.05) is 12.8 Å². The molecule has 1 unspecified atom stereocenters. The van der Waals surface area contributed by atoms with Gasteiger partial charge in [-0.2, -0.15) is 0 Å². The molecule has 0 aromatic heterocycles. The fraction of sp³-hybridized carbons (Fsp3) is 0.833. The molecule has 2 aliphatic rings. The highest BCUT2D eigenvalue weighted by molar-refractivity contribution is 5.86. The van der Waals surface area contributed by atoms with Crippen LogP contribution in [-0.2, 0) is 4.79 Å². The minimum absolute atomic E-state index is 0.0257. The Kier molecular flexibility index (Phi) is 4.41. The van der Waals surface area contributed by atoms with Gasteiger partial charge in [-0.3, -0.25) is 4.79 Å². The van der Waals surface area contributed by atoms with E-state index in [-0.39, 0.29) is 6.03 Å². The van der Waals surface area contributed by atoms with E-state index in [1.165, 1.54) is 12.8 Å². The van der Waals surface area contributed by atoms with Gasteiger partial charge in [0.25, 0.3) is 0 Å². The topological polar surface area (TPSA) is 78.7 Å². The molecule has 0 aromatic rings. The highest BCUT2D eigenvalue weighted by atomic mass is 16.2. The van der Waals surface area contributed by atoms with Crippen LogP contribution in [0.25, 0.3) is 0 Å². The maximum Gasteiger partial charge on any atom is 0.320 e. The van der Waals surface area contributed by atoms with Gasteiger partial charge in [-0.25, -0.2) is 4.79 Å². The molecule has 2 aliphatic heterocycles. The van der Waals surface area contributed by atoms with E-state index >= 15 is 0 Å². The second kappa shape index (κ2) is 6.04. The third-order valence-corrected chi connectivity index (χ3v) is 3.69. The number of carbonyl (C=O) groups excluding carboxylic acids is 2. The van der Waals surface area contributed by atoms with Gasteiger partial charge in [0.05, 0.1) is 0 Å². The van der Waals surface area contributed by atoms with Crippen LogP contribution in [0.1, 0.15) is 25.7 Å². The van der Waals surface area contributed by atoms with Crippen molar-refractivity contribution in [1.82, 2.24) is 15.1 Å². The van der Waals surface area contributed by atoms with Crippen molar-refractivity contribution < 1.29 is 9.59 Å². The molecule has 6 heteroatoms. The molecule has 2 rings (SSSR count). The summed E-state index contributed by atoms with van der Waals surface area (Å²) in [7, 11) is 0. The van der Waals surface area contributed by atoms with Gasteiger partial charge >= 0.3 is 6.03 Å². The number of carbonyl (C=O) groups is 2. The number of nitrogens with zero attached hydrogens (tertiary/aromatic N) is 2. The average molecular weight is 254 g/mol. The van der Waals surface area contributed by atoms with Crippen molar-refractivity contribution in [3.63, 3.8) is 0 Å². The Morgan fingerprint density at radius 1 is 1.06 bits per heavy atom. The lowest BCUT2D eigenvalue weighted by Gasteiger charge is -2.37. The van der Waals surface area contributed by atoms with Crippen molar-refractivity contribution in [3.05, 3.63) is 0 Å². The number of nitrogens with one attached hydrogen (secondary N) is 1. The van der Waals surface area contributed by atoms with E-state index in [1.807, 2.05) is 4.90 Å². The van der Waals surface area contributed by atoms with Crippen molar-refractivity contribution >= 4 is 11.9 Å². The largest absolute Gasteiger partial charge is 0.368 e. The van der Waals surface area contributed by atoms with Gasteiger partial charge in [0.2, 0.25) is 5.91 Å². The van der Waals surface area contributed by atoms with Crippen LogP contribution in [0.2, 0.25) is 0 Å². The third-order valence-electron chi connectivity index (χ3n) is 3.69. The minimum Gasteiger partial charge on any atom is -0.368 e. The summed E-state index contributed by atoms with van der Waals surface area (Å²) >= 11 is 0. The molecule has 0 aromatic carbocycles. The Bertz CT molecular complexity index is 313. The summed E-state index contributed by atoms with van der Waals surface area (Å²) in [4.78, 5) is 27.3. The standard InChI is InChI=1S/C12H22N4O2/c13-11(17)10-9-14-5-8-16(10)12(18)15-6-3-1-2-4-7-15/h10,14H,1-9H2,(H2,13,17). The molecule has 0 radical (unpaired) electrons. The fourth-order valence-electron chi connectivity index (χ4n) is 2.63. The fourth-order valence-corrected chi connectivity index (χ4v) is 2.63. The molecule has 2 saturated heterocycles. The van der Waals surface area contributed by atoms with Crippen LogP contribution in [0.15, 0.2) is 0 Å². The lowest BCUT2D eigenvalue weighted by atomic mass is 10.2. The molecule has 3 N–H and O–H groups in total. The van der Waals surface area contributed by atoms with Gasteiger partial charge in [0.15, 0.2) is 0 Å². The number of piperazine rings is 1. The molecule has 0 bridgehead atoms. The van der Waals surface area contributed by atoms with Crippen molar-refractivity contribution in [1.29, 1.82) is 0 Å². The van der Waals surface area contributed by atoms with Crippen LogP contribution in [0, 0.1) is 0 Å². The zero-order valence-corrected chi connectivity index (χ0v) is 10.7. The first-order valence-electron chi connectivity index (χ1n) is 6.76. The van der Waals surface area contributed by atoms with Crippen molar-refractivity contribution in [2.24, 2.45) is 5.73 Å². The molecule has 0 saturated carbocycles. The highest BCUT2D eigenvalue weighted by Gasteiger charge is 2.33. The van der Waals surface area contributed by atoms with E-state index in [4.69, 9.17) is 5.73 Å². The first-order valence-corrected chi connectivity index (χ1v) is 6.76. The van der Waals surface area contributed by atoms with Crippen LogP contribution < -0.4 is 11.1 Å². The van der Waals surface area contributed by atoms with Crippen LogP contribution in [0.3, 0.4) is 0 Å². The number of likely N-dealkylation sites (tertiary alicyclic amines) is 1. The predicted octanol–water partition coefficient (Wildman–Crippen LogP) is -0.258. The molecule has 102 valence electrons. The van der Waals surface area contributed by atoms with Crippen LogP contribution in [-0.4, -0.2) is 60.5 Å². The van der Waals surface area contributed by atoms with Gasteiger partial charge in [0, 0.05) is 32.7 Å². The number of primary amides is 1. The lowest BCUT2D eigenvalue weighted by Crippen LogP contribution is -2.61. The number of hydrogen-bond donors (Lipinski definition) is 2. The highest BCUT2D eigenvalue weighted by Crippen LogP contribution is 2.14. The summed E-state index contributed by atoms with van der Waals surface area (Å²) in [5.41, 5.74) is 5.36. The maximum atomic E-state index is 12.4. The summed E-state index contributed by atoms with van der Waals surface area (Å²) in [5.74, 6) is -0.426. The summed E-state index contributed by atoms with van der Waals surface area (Å²) in [6.45, 7) is 3.35. The number of rotatable bonds is 1. The van der Waals surface area contributed by atoms with Gasteiger partial charge < -0.3 is 20.9 Å². The first-order chi connectivity index (χ1) is 8.70. The lowest BCUT2D eigenvalue weighted by molar-refractivity contribution is -0.122. The number of hydrogen-bond acceptors (Lipinski definition) is 3. The molecule has 1 atom stereocenters. The van der Waals surface area contributed by atoms with E-state index in [0.717, 1.165) is 32.5 Å². The van der Waals surface area contributed by atoms with E-state index in [9.17, 15) is 9.59 Å². The Morgan fingerprint density at radius 3 is 2.33 bits per heavy atom.